The average Bonchev–Trinajstić information content (AvgIpc) is 3.32. The second kappa shape index (κ2) is 8.27. The van der Waals surface area contributed by atoms with Crippen molar-refractivity contribution in [3.05, 3.63) is 56.7 Å². The van der Waals surface area contributed by atoms with Gasteiger partial charge < -0.3 is 5.32 Å². The lowest BCUT2D eigenvalue weighted by Gasteiger charge is -2.06. The SMILES string of the molecule is O=C(NCCCc1nc2c(s1)CCCC2)c1csc(-c2ccccc2F)n1. The molecule has 7 heteroatoms. The molecule has 3 aromatic rings. The number of thiazole rings is 2. The lowest BCUT2D eigenvalue weighted by atomic mass is 10.0. The van der Waals surface area contributed by atoms with E-state index in [1.54, 1.807) is 23.6 Å². The van der Waals surface area contributed by atoms with Crippen LogP contribution in [0.1, 0.15) is 45.3 Å². The van der Waals surface area contributed by atoms with Crippen molar-refractivity contribution >= 4 is 28.6 Å². The number of nitrogens with zero attached hydrogens (tertiary/aromatic N) is 2. The van der Waals surface area contributed by atoms with Gasteiger partial charge in [0, 0.05) is 28.8 Å². The van der Waals surface area contributed by atoms with Gasteiger partial charge in [-0.15, -0.1) is 22.7 Å². The van der Waals surface area contributed by atoms with Crippen molar-refractivity contribution in [2.45, 2.75) is 38.5 Å². The van der Waals surface area contributed by atoms with Crippen LogP contribution in [0, 0.1) is 5.82 Å². The summed E-state index contributed by atoms with van der Waals surface area (Å²) in [6.07, 6.45) is 6.52. The molecule has 0 saturated carbocycles. The van der Waals surface area contributed by atoms with E-state index in [-0.39, 0.29) is 11.7 Å². The van der Waals surface area contributed by atoms with Gasteiger partial charge in [0.05, 0.1) is 10.7 Å². The minimum atomic E-state index is -0.329. The van der Waals surface area contributed by atoms with Crippen LogP contribution in [-0.4, -0.2) is 22.4 Å². The van der Waals surface area contributed by atoms with Gasteiger partial charge in [-0.25, -0.2) is 14.4 Å². The molecule has 140 valence electrons. The van der Waals surface area contributed by atoms with E-state index in [1.807, 2.05) is 11.3 Å². The van der Waals surface area contributed by atoms with Crippen LogP contribution in [0.4, 0.5) is 4.39 Å². The third-order valence-electron chi connectivity index (χ3n) is 4.58. The van der Waals surface area contributed by atoms with Crippen molar-refractivity contribution in [2.75, 3.05) is 6.54 Å². The summed E-state index contributed by atoms with van der Waals surface area (Å²) in [6.45, 7) is 0.579. The first-order valence-corrected chi connectivity index (χ1v) is 10.9. The highest BCUT2D eigenvalue weighted by Gasteiger charge is 2.16. The predicted octanol–water partition coefficient (Wildman–Crippen LogP) is 4.65. The monoisotopic (exact) mass is 401 g/mol. The molecule has 1 amide bonds. The Bertz CT molecular complexity index is 927. The minimum Gasteiger partial charge on any atom is -0.351 e. The Morgan fingerprint density at radius 3 is 2.89 bits per heavy atom. The molecule has 0 atom stereocenters. The van der Waals surface area contributed by atoms with E-state index < -0.39 is 0 Å². The zero-order valence-corrected chi connectivity index (χ0v) is 16.5. The van der Waals surface area contributed by atoms with E-state index in [1.165, 1.54) is 45.8 Å². The number of rotatable bonds is 6. The fraction of sp³-hybridized carbons (Fsp3) is 0.350. The molecule has 2 aromatic heterocycles. The number of aromatic nitrogens is 2. The number of hydrogen-bond acceptors (Lipinski definition) is 5. The van der Waals surface area contributed by atoms with E-state index in [9.17, 15) is 9.18 Å². The first-order valence-electron chi connectivity index (χ1n) is 9.17. The van der Waals surface area contributed by atoms with E-state index in [4.69, 9.17) is 4.98 Å². The number of fused-ring (bicyclic) bond motifs is 1. The first-order chi connectivity index (χ1) is 13.2. The Balaban J connectivity index is 1.28. The predicted molar refractivity (Wildman–Crippen MR) is 107 cm³/mol. The number of carbonyl (C=O) groups is 1. The molecule has 0 radical (unpaired) electrons. The minimum absolute atomic E-state index is 0.215. The van der Waals surface area contributed by atoms with E-state index in [2.05, 4.69) is 10.3 Å². The summed E-state index contributed by atoms with van der Waals surface area (Å²) in [5.41, 5.74) is 2.05. The van der Waals surface area contributed by atoms with Crippen LogP contribution < -0.4 is 5.32 Å². The molecule has 1 N–H and O–H groups in total. The molecule has 4 nitrogen and oxygen atoms in total. The first kappa shape index (κ1) is 18.3. The van der Waals surface area contributed by atoms with Crippen LogP contribution in [0.2, 0.25) is 0 Å². The zero-order valence-electron chi connectivity index (χ0n) is 14.8. The number of hydrogen-bond donors (Lipinski definition) is 1. The quantitative estimate of drug-likeness (QED) is 0.612. The fourth-order valence-corrected chi connectivity index (χ4v) is 5.21. The summed E-state index contributed by atoms with van der Waals surface area (Å²) in [6, 6.07) is 6.46. The Hall–Kier alpha value is -2.12. The molecule has 0 spiro atoms. The maximum atomic E-state index is 13.8. The van der Waals surface area contributed by atoms with Crippen molar-refractivity contribution in [3.63, 3.8) is 0 Å². The van der Waals surface area contributed by atoms with Gasteiger partial charge in [-0.2, -0.15) is 0 Å². The molecule has 0 saturated heterocycles. The van der Waals surface area contributed by atoms with Crippen molar-refractivity contribution in [2.24, 2.45) is 0 Å². The lowest BCUT2D eigenvalue weighted by molar-refractivity contribution is 0.0949. The molecular formula is C20H20FN3OS2. The standard InChI is InChI=1S/C20H20FN3OS2/c21-14-7-2-1-6-13(14)20-24-16(12-26-20)19(25)22-11-5-10-18-23-15-8-3-4-9-17(15)27-18/h1-2,6-7,12H,3-5,8-11H2,(H,22,25). The van der Waals surface area contributed by atoms with Gasteiger partial charge in [0.15, 0.2) is 0 Å². The molecule has 0 bridgehead atoms. The van der Waals surface area contributed by atoms with Crippen molar-refractivity contribution in [3.8, 4) is 10.6 Å². The second-order valence-corrected chi connectivity index (χ2v) is 8.59. The van der Waals surface area contributed by atoms with Crippen LogP contribution in [0.15, 0.2) is 29.6 Å². The van der Waals surface area contributed by atoms with Gasteiger partial charge in [0.1, 0.15) is 16.5 Å². The Labute approximate surface area is 165 Å². The molecular weight excluding hydrogens is 381 g/mol. The maximum Gasteiger partial charge on any atom is 0.270 e. The number of carbonyl (C=O) groups excluding carboxylic acids is 1. The highest BCUT2D eigenvalue weighted by atomic mass is 32.1. The summed E-state index contributed by atoms with van der Waals surface area (Å²) in [4.78, 5) is 22.7. The highest BCUT2D eigenvalue weighted by molar-refractivity contribution is 7.13. The molecule has 0 fully saturated rings. The number of nitrogens with one attached hydrogen (secondary N) is 1. The number of benzene rings is 1. The van der Waals surface area contributed by atoms with Gasteiger partial charge in [-0.05, 0) is 44.2 Å². The largest absolute Gasteiger partial charge is 0.351 e. The van der Waals surface area contributed by atoms with Crippen LogP contribution in [0.3, 0.4) is 0 Å². The normalized spacial score (nSPS) is 13.4. The van der Waals surface area contributed by atoms with E-state index >= 15 is 0 Å². The molecule has 0 unspecified atom stereocenters. The summed E-state index contributed by atoms with van der Waals surface area (Å²) in [7, 11) is 0. The Morgan fingerprint density at radius 1 is 1.19 bits per heavy atom. The van der Waals surface area contributed by atoms with Crippen LogP contribution in [-0.2, 0) is 19.3 Å². The summed E-state index contributed by atoms with van der Waals surface area (Å²) >= 11 is 3.10. The highest BCUT2D eigenvalue weighted by Crippen LogP contribution is 2.27. The summed E-state index contributed by atoms with van der Waals surface area (Å²) in [5, 5.41) is 6.26. The Morgan fingerprint density at radius 2 is 2.04 bits per heavy atom. The molecule has 27 heavy (non-hydrogen) atoms. The Kier molecular flexibility index (Phi) is 5.59. The van der Waals surface area contributed by atoms with Crippen molar-refractivity contribution < 1.29 is 9.18 Å². The molecule has 1 aromatic carbocycles. The van der Waals surface area contributed by atoms with Crippen molar-refractivity contribution in [1.82, 2.24) is 15.3 Å². The van der Waals surface area contributed by atoms with E-state index in [0.29, 0.717) is 22.8 Å². The van der Waals surface area contributed by atoms with Gasteiger partial charge in [0.2, 0.25) is 0 Å². The molecule has 4 rings (SSSR count). The molecule has 1 aliphatic carbocycles. The topological polar surface area (TPSA) is 54.9 Å². The number of amides is 1. The van der Waals surface area contributed by atoms with Crippen LogP contribution in [0.25, 0.3) is 10.6 Å². The number of halogens is 1. The fourth-order valence-electron chi connectivity index (χ4n) is 3.18. The third-order valence-corrected chi connectivity index (χ3v) is 6.68. The summed E-state index contributed by atoms with van der Waals surface area (Å²) < 4.78 is 13.8. The summed E-state index contributed by atoms with van der Waals surface area (Å²) in [5.74, 6) is -0.544. The van der Waals surface area contributed by atoms with Gasteiger partial charge in [-0.3, -0.25) is 4.79 Å². The van der Waals surface area contributed by atoms with Gasteiger partial charge in [0.25, 0.3) is 5.91 Å². The third kappa shape index (κ3) is 4.25. The van der Waals surface area contributed by atoms with Gasteiger partial charge in [-0.1, -0.05) is 12.1 Å². The van der Waals surface area contributed by atoms with Crippen LogP contribution >= 0.6 is 22.7 Å². The molecule has 1 aliphatic rings. The lowest BCUT2D eigenvalue weighted by Crippen LogP contribution is -2.25. The second-order valence-electron chi connectivity index (χ2n) is 6.56. The number of aryl methyl sites for hydroxylation is 3. The molecule has 0 aliphatic heterocycles. The maximum absolute atomic E-state index is 13.8. The zero-order chi connectivity index (χ0) is 18.6. The van der Waals surface area contributed by atoms with Crippen molar-refractivity contribution in [1.29, 1.82) is 0 Å². The van der Waals surface area contributed by atoms with E-state index in [0.717, 1.165) is 25.7 Å². The molecule has 2 heterocycles. The average molecular weight is 402 g/mol. The smallest absolute Gasteiger partial charge is 0.270 e. The van der Waals surface area contributed by atoms with Crippen LogP contribution in [0.5, 0.6) is 0 Å². The van der Waals surface area contributed by atoms with Gasteiger partial charge >= 0.3 is 0 Å².